The van der Waals surface area contributed by atoms with Crippen molar-refractivity contribution in [1.82, 2.24) is 4.98 Å². The van der Waals surface area contributed by atoms with Gasteiger partial charge in [0.25, 0.3) is 0 Å². The lowest BCUT2D eigenvalue weighted by Gasteiger charge is -2.12. The maximum atomic E-state index is 12.5. The Bertz CT molecular complexity index is 683. The van der Waals surface area contributed by atoms with Crippen LogP contribution < -0.4 is 11.1 Å². The van der Waals surface area contributed by atoms with Crippen LogP contribution in [0, 0.1) is 5.41 Å². The Morgan fingerprint density at radius 1 is 1.23 bits per heavy atom. The van der Waals surface area contributed by atoms with Gasteiger partial charge in [-0.05, 0) is 17.7 Å². The number of anilines is 1. The number of hydrogen-bond acceptors (Lipinski definition) is 3. The first-order valence-corrected chi connectivity index (χ1v) is 6.54. The average Bonchev–Trinajstić information content (AvgIpc) is 2.44. The molecule has 0 saturated carbocycles. The fourth-order valence-electron chi connectivity index (χ4n) is 1.85. The molecule has 4 N–H and O–H groups in total. The number of rotatable bonds is 4. The van der Waals surface area contributed by atoms with Crippen molar-refractivity contribution in [3.05, 3.63) is 58.4 Å². The first kappa shape index (κ1) is 16.1. The Morgan fingerprint density at radius 2 is 1.86 bits per heavy atom. The van der Waals surface area contributed by atoms with Gasteiger partial charge < -0.3 is 11.1 Å². The smallest absolute Gasteiger partial charge is 0.384 e. The van der Waals surface area contributed by atoms with Gasteiger partial charge in [0.1, 0.15) is 5.84 Å². The van der Waals surface area contributed by atoms with E-state index in [2.05, 4.69) is 10.3 Å². The largest absolute Gasteiger partial charge is 0.416 e. The molecule has 0 radical (unpaired) electrons. The molecule has 0 fully saturated rings. The molecule has 0 bridgehead atoms. The molecule has 0 atom stereocenters. The van der Waals surface area contributed by atoms with Gasteiger partial charge in [-0.1, -0.05) is 23.7 Å². The predicted octanol–water partition coefficient (Wildman–Crippen LogP) is 3.65. The summed E-state index contributed by atoms with van der Waals surface area (Å²) < 4.78 is 37.4. The quantitative estimate of drug-likeness (QED) is 0.592. The van der Waals surface area contributed by atoms with Gasteiger partial charge in [-0.15, -0.1) is 0 Å². The second-order valence-electron chi connectivity index (χ2n) is 4.51. The van der Waals surface area contributed by atoms with E-state index in [9.17, 15) is 13.2 Å². The molecule has 22 heavy (non-hydrogen) atoms. The second kappa shape index (κ2) is 6.23. The van der Waals surface area contributed by atoms with E-state index in [0.717, 1.165) is 12.1 Å². The van der Waals surface area contributed by atoms with Crippen LogP contribution in [-0.4, -0.2) is 10.8 Å². The van der Waals surface area contributed by atoms with Gasteiger partial charge in [-0.2, -0.15) is 13.2 Å². The van der Waals surface area contributed by atoms with Crippen molar-refractivity contribution in [3.8, 4) is 0 Å². The highest BCUT2D eigenvalue weighted by molar-refractivity contribution is 6.34. The zero-order valence-electron chi connectivity index (χ0n) is 11.2. The molecule has 116 valence electrons. The van der Waals surface area contributed by atoms with E-state index in [-0.39, 0.29) is 17.4 Å². The van der Waals surface area contributed by atoms with Crippen molar-refractivity contribution in [2.45, 2.75) is 12.7 Å². The minimum atomic E-state index is -4.36. The molecule has 0 aliphatic heterocycles. The molecule has 0 aliphatic rings. The summed E-state index contributed by atoms with van der Waals surface area (Å²) in [6.07, 6.45) is -1.54. The first-order valence-electron chi connectivity index (χ1n) is 6.17. The summed E-state index contributed by atoms with van der Waals surface area (Å²) in [7, 11) is 0. The average molecular weight is 329 g/mol. The Balaban J connectivity index is 2.14. The van der Waals surface area contributed by atoms with E-state index in [0.29, 0.717) is 16.8 Å². The molecule has 4 nitrogen and oxygen atoms in total. The van der Waals surface area contributed by atoms with Crippen molar-refractivity contribution < 1.29 is 13.2 Å². The second-order valence-corrected chi connectivity index (χ2v) is 4.91. The van der Waals surface area contributed by atoms with E-state index in [1.165, 1.54) is 24.5 Å². The number of hydrogen-bond donors (Lipinski definition) is 3. The first-order chi connectivity index (χ1) is 10.3. The fourth-order valence-corrected chi connectivity index (χ4v) is 2.11. The minimum absolute atomic E-state index is 0.220. The third kappa shape index (κ3) is 3.67. The maximum absolute atomic E-state index is 12.5. The lowest BCUT2D eigenvalue weighted by molar-refractivity contribution is -0.137. The predicted molar refractivity (Wildman–Crippen MR) is 79.0 cm³/mol. The van der Waals surface area contributed by atoms with Gasteiger partial charge in [-0.25, -0.2) is 0 Å². The molecule has 0 spiro atoms. The number of nitrogens with zero attached hydrogens (tertiary/aromatic N) is 1. The van der Waals surface area contributed by atoms with Gasteiger partial charge in [0, 0.05) is 12.7 Å². The highest BCUT2D eigenvalue weighted by Crippen LogP contribution is 2.29. The van der Waals surface area contributed by atoms with E-state index in [1.807, 2.05) is 0 Å². The molecule has 1 aromatic carbocycles. The van der Waals surface area contributed by atoms with Crippen LogP contribution >= 0.6 is 11.6 Å². The lowest BCUT2D eigenvalue weighted by Crippen LogP contribution is -2.15. The van der Waals surface area contributed by atoms with Crippen molar-refractivity contribution in [2.75, 3.05) is 5.32 Å². The fraction of sp³-hybridized carbons (Fsp3) is 0.143. The van der Waals surface area contributed by atoms with E-state index >= 15 is 0 Å². The Hall–Kier alpha value is -2.28. The number of pyridine rings is 1. The summed E-state index contributed by atoms with van der Waals surface area (Å²) in [6.45, 7) is 0.250. The van der Waals surface area contributed by atoms with Crippen LogP contribution in [0.4, 0.5) is 18.9 Å². The summed E-state index contributed by atoms with van der Waals surface area (Å²) in [4.78, 5) is 3.89. The summed E-state index contributed by atoms with van der Waals surface area (Å²) in [5.41, 5.74) is 6.15. The number of alkyl halides is 3. The SMILES string of the molecule is N=C(N)c1c(Cl)cncc1NCc1ccc(C(F)(F)F)cc1. The molecule has 0 aliphatic carbocycles. The van der Waals surface area contributed by atoms with Crippen LogP contribution in [0.3, 0.4) is 0 Å². The van der Waals surface area contributed by atoms with Crippen molar-refractivity contribution in [3.63, 3.8) is 0 Å². The molecule has 0 amide bonds. The van der Waals surface area contributed by atoms with E-state index < -0.39 is 11.7 Å². The molecule has 0 unspecified atom stereocenters. The third-order valence-electron chi connectivity index (χ3n) is 2.93. The highest BCUT2D eigenvalue weighted by atomic mass is 35.5. The topological polar surface area (TPSA) is 74.8 Å². The molecular weight excluding hydrogens is 317 g/mol. The number of amidine groups is 1. The Morgan fingerprint density at radius 3 is 2.41 bits per heavy atom. The lowest BCUT2D eigenvalue weighted by atomic mass is 10.1. The van der Waals surface area contributed by atoms with Crippen molar-refractivity contribution >= 4 is 23.1 Å². The molecular formula is C14H12ClF3N4. The van der Waals surface area contributed by atoms with E-state index in [1.54, 1.807) is 0 Å². The Kier molecular flexibility index (Phi) is 4.56. The zero-order valence-corrected chi connectivity index (χ0v) is 12.0. The number of benzene rings is 1. The van der Waals surface area contributed by atoms with Crippen molar-refractivity contribution in [2.24, 2.45) is 5.73 Å². The molecule has 0 saturated heterocycles. The monoisotopic (exact) mass is 328 g/mol. The van der Waals surface area contributed by atoms with Crippen molar-refractivity contribution in [1.29, 1.82) is 5.41 Å². The standard InChI is InChI=1S/C14H12ClF3N4/c15-10-6-21-7-11(12(10)13(19)20)22-5-8-1-3-9(4-2-8)14(16,17)18/h1-4,6-7,22H,5H2,(H3,19,20). The number of aromatic nitrogens is 1. The molecule has 8 heteroatoms. The van der Waals surface area contributed by atoms with Crippen LogP contribution in [0.2, 0.25) is 5.02 Å². The number of halogens is 4. The van der Waals surface area contributed by atoms with Crippen LogP contribution in [0.5, 0.6) is 0 Å². The van der Waals surface area contributed by atoms with Gasteiger partial charge >= 0.3 is 6.18 Å². The molecule has 1 heterocycles. The van der Waals surface area contributed by atoms with Crippen LogP contribution in [0.25, 0.3) is 0 Å². The summed E-state index contributed by atoms with van der Waals surface area (Å²) in [6, 6.07) is 4.78. The minimum Gasteiger partial charge on any atom is -0.384 e. The zero-order chi connectivity index (χ0) is 16.3. The van der Waals surface area contributed by atoms with Crippen LogP contribution in [0.1, 0.15) is 16.7 Å². The maximum Gasteiger partial charge on any atom is 0.416 e. The summed E-state index contributed by atoms with van der Waals surface area (Å²) in [5, 5.41) is 10.7. The van der Waals surface area contributed by atoms with Crippen LogP contribution in [0.15, 0.2) is 36.7 Å². The third-order valence-corrected chi connectivity index (χ3v) is 3.22. The highest BCUT2D eigenvalue weighted by Gasteiger charge is 2.29. The van der Waals surface area contributed by atoms with E-state index in [4.69, 9.17) is 22.7 Å². The van der Waals surface area contributed by atoms with Gasteiger partial charge in [-0.3, -0.25) is 10.4 Å². The van der Waals surface area contributed by atoms with Gasteiger partial charge in [0.15, 0.2) is 0 Å². The summed E-state index contributed by atoms with van der Waals surface area (Å²) >= 11 is 5.93. The normalized spacial score (nSPS) is 11.3. The van der Waals surface area contributed by atoms with Gasteiger partial charge in [0.05, 0.1) is 28.0 Å². The van der Waals surface area contributed by atoms with Gasteiger partial charge in [0.2, 0.25) is 0 Å². The molecule has 2 rings (SSSR count). The number of nitrogens with one attached hydrogen (secondary N) is 2. The Labute approximate surface area is 129 Å². The number of nitrogen functional groups attached to an aromatic ring is 1. The molecule has 2 aromatic rings. The number of nitrogens with two attached hydrogens (primary N) is 1. The van der Waals surface area contributed by atoms with Crippen LogP contribution in [-0.2, 0) is 12.7 Å². The summed E-state index contributed by atoms with van der Waals surface area (Å²) in [5.74, 6) is -0.220. The molecule has 1 aromatic heterocycles.